The first kappa shape index (κ1) is 12.9. The van der Waals surface area contributed by atoms with Crippen molar-refractivity contribution in [2.45, 2.75) is 27.2 Å². The highest BCUT2D eigenvalue weighted by Gasteiger charge is 2.23. The van der Waals surface area contributed by atoms with Gasteiger partial charge in [0.05, 0.1) is 6.42 Å². The van der Waals surface area contributed by atoms with Crippen LogP contribution in [0, 0.1) is 5.41 Å². The summed E-state index contributed by atoms with van der Waals surface area (Å²) in [7, 11) is 0. The van der Waals surface area contributed by atoms with Crippen LogP contribution < -0.4 is 0 Å². The second kappa shape index (κ2) is 4.44. The van der Waals surface area contributed by atoms with Crippen LogP contribution in [0.4, 0.5) is 0 Å². The van der Waals surface area contributed by atoms with E-state index in [1.807, 2.05) is 57.2 Å². The maximum atomic E-state index is 12.1. The second-order valence-electron chi connectivity index (χ2n) is 6.09. The summed E-state index contributed by atoms with van der Waals surface area (Å²) in [4.78, 5) is 16.6. The predicted molar refractivity (Wildman–Crippen MR) is 79.7 cm³/mol. The van der Waals surface area contributed by atoms with Gasteiger partial charge in [-0.15, -0.1) is 0 Å². The predicted octanol–water partition coefficient (Wildman–Crippen LogP) is 4.14. The smallest absolute Gasteiger partial charge is 0.202 e. The third-order valence-corrected chi connectivity index (χ3v) is 3.48. The van der Waals surface area contributed by atoms with Crippen LogP contribution in [0.2, 0.25) is 0 Å². The van der Waals surface area contributed by atoms with Crippen LogP contribution in [0.3, 0.4) is 0 Å². The third-order valence-electron chi connectivity index (χ3n) is 3.48. The number of oxazole rings is 1. The minimum absolute atomic E-state index is 0.133. The number of nitrogens with zero attached hydrogens (tertiary/aromatic N) is 1. The SMILES string of the molecule is CC(C)(C)C(=O)Cc1nc2c(ccc3ccccc32)o1. The fourth-order valence-electron chi connectivity index (χ4n) is 2.19. The van der Waals surface area contributed by atoms with Crippen molar-refractivity contribution in [3.8, 4) is 0 Å². The average Bonchev–Trinajstić information content (AvgIpc) is 2.80. The largest absolute Gasteiger partial charge is 0.440 e. The van der Waals surface area contributed by atoms with Gasteiger partial charge in [0.2, 0.25) is 5.89 Å². The standard InChI is InChI=1S/C17H17NO2/c1-17(2,3)14(19)10-15-18-16-12-7-5-4-6-11(12)8-9-13(16)20-15/h4-9H,10H2,1-3H3. The first-order chi connectivity index (χ1) is 9.45. The van der Waals surface area contributed by atoms with E-state index in [0.717, 1.165) is 21.9 Å². The molecule has 0 aliphatic heterocycles. The van der Waals surface area contributed by atoms with Crippen LogP contribution in [-0.2, 0) is 11.2 Å². The molecule has 0 amide bonds. The van der Waals surface area contributed by atoms with E-state index < -0.39 is 0 Å². The van der Waals surface area contributed by atoms with Crippen LogP contribution in [0.1, 0.15) is 26.7 Å². The molecule has 3 heteroatoms. The highest BCUT2D eigenvalue weighted by atomic mass is 16.3. The molecule has 0 spiro atoms. The maximum absolute atomic E-state index is 12.1. The van der Waals surface area contributed by atoms with Crippen molar-refractivity contribution in [3.05, 3.63) is 42.3 Å². The normalized spacial score (nSPS) is 12.2. The monoisotopic (exact) mass is 267 g/mol. The van der Waals surface area contributed by atoms with E-state index in [1.54, 1.807) is 0 Å². The van der Waals surface area contributed by atoms with Gasteiger partial charge in [0.15, 0.2) is 5.58 Å². The van der Waals surface area contributed by atoms with Gasteiger partial charge in [0, 0.05) is 10.8 Å². The lowest BCUT2D eigenvalue weighted by Gasteiger charge is -2.14. The van der Waals surface area contributed by atoms with Gasteiger partial charge in [-0.05, 0) is 11.5 Å². The molecule has 0 aliphatic carbocycles. The second-order valence-corrected chi connectivity index (χ2v) is 6.09. The number of Topliss-reactive ketones (excluding diaryl/α,β-unsaturated/α-hetero) is 1. The molecule has 0 radical (unpaired) electrons. The number of carbonyl (C=O) groups is 1. The molecule has 1 aromatic heterocycles. The van der Waals surface area contributed by atoms with Gasteiger partial charge in [-0.3, -0.25) is 4.79 Å². The molecule has 0 bridgehead atoms. The Morgan fingerprint density at radius 2 is 1.90 bits per heavy atom. The van der Waals surface area contributed by atoms with Gasteiger partial charge >= 0.3 is 0 Å². The first-order valence-electron chi connectivity index (χ1n) is 6.75. The molecule has 1 heterocycles. The number of fused-ring (bicyclic) bond motifs is 3. The Morgan fingerprint density at radius 1 is 1.15 bits per heavy atom. The molecular formula is C17H17NO2. The van der Waals surface area contributed by atoms with E-state index in [4.69, 9.17) is 4.42 Å². The van der Waals surface area contributed by atoms with Crippen molar-refractivity contribution in [3.63, 3.8) is 0 Å². The molecule has 0 saturated heterocycles. The summed E-state index contributed by atoms with van der Waals surface area (Å²) in [5, 5.41) is 2.19. The van der Waals surface area contributed by atoms with Crippen LogP contribution in [-0.4, -0.2) is 10.8 Å². The fourth-order valence-corrected chi connectivity index (χ4v) is 2.19. The molecule has 0 saturated carbocycles. The van der Waals surface area contributed by atoms with Crippen molar-refractivity contribution in [1.82, 2.24) is 4.98 Å². The number of carbonyl (C=O) groups excluding carboxylic acids is 1. The lowest BCUT2D eigenvalue weighted by molar-refractivity contribution is -0.125. The van der Waals surface area contributed by atoms with E-state index in [9.17, 15) is 4.79 Å². The van der Waals surface area contributed by atoms with Crippen molar-refractivity contribution in [2.75, 3.05) is 0 Å². The lowest BCUT2D eigenvalue weighted by atomic mass is 9.89. The summed E-state index contributed by atoms with van der Waals surface area (Å²) in [5.41, 5.74) is 1.20. The van der Waals surface area contributed by atoms with Crippen molar-refractivity contribution < 1.29 is 9.21 Å². The van der Waals surface area contributed by atoms with Crippen molar-refractivity contribution in [1.29, 1.82) is 0 Å². The zero-order valence-electron chi connectivity index (χ0n) is 11.9. The molecule has 3 aromatic rings. The summed E-state index contributed by atoms with van der Waals surface area (Å²) in [6, 6.07) is 12.0. The molecule has 20 heavy (non-hydrogen) atoms. The third kappa shape index (κ3) is 2.20. The summed E-state index contributed by atoms with van der Waals surface area (Å²) >= 11 is 0. The fraction of sp³-hybridized carbons (Fsp3) is 0.294. The van der Waals surface area contributed by atoms with Gasteiger partial charge < -0.3 is 4.42 Å². The first-order valence-corrected chi connectivity index (χ1v) is 6.75. The summed E-state index contributed by atoms with van der Waals surface area (Å²) in [6.45, 7) is 5.73. The molecule has 0 N–H and O–H groups in total. The molecular weight excluding hydrogens is 250 g/mol. The Kier molecular flexibility index (Phi) is 2.85. The molecule has 2 aromatic carbocycles. The minimum Gasteiger partial charge on any atom is -0.440 e. The highest BCUT2D eigenvalue weighted by Crippen LogP contribution is 2.26. The molecule has 102 valence electrons. The van der Waals surface area contributed by atoms with Crippen LogP contribution in [0.25, 0.3) is 21.9 Å². The Labute approximate surface area is 117 Å². The zero-order chi connectivity index (χ0) is 14.3. The van der Waals surface area contributed by atoms with Gasteiger partial charge in [0.1, 0.15) is 11.3 Å². The van der Waals surface area contributed by atoms with Crippen LogP contribution in [0.15, 0.2) is 40.8 Å². The van der Waals surface area contributed by atoms with Gasteiger partial charge in [-0.1, -0.05) is 51.1 Å². The Morgan fingerprint density at radius 3 is 2.65 bits per heavy atom. The molecule has 0 atom stereocenters. The molecule has 3 nitrogen and oxygen atoms in total. The van der Waals surface area contributed by atoms with E-state index in [-0.39, 0.29) is 17.6 Å². The highest BCUT2D eigenvalue weighted by molar-refractivity contribution is 6.03. The number of benzene rings is 2. The summed E-state index contributed by atoms with van der Waals surface area (Å²) in [6.07, 6.45) is 0.243. The van der Waals surface area contributed by atoms with Gasteiger partial charge in [-0.2, -0.15) is 0 Å². The topological polar surface area (TPSA) is 43.1 Å². The molecule has 0 aliphatic rings. The molecule has 0 fully saturated rings. The Hall–Kier alpha value is -2.16. The number of hydrogen-bond acceptors (Lipinski definition) is 3. The summed E-state index contributed by atoms with van der Waals surface area (Å²) in [5.74, 6) is 0.629. The van der Waals surface area contributed by atoms with Crippen molar-refractivity contribution in [2.24, 2.45) is 5.41 Å². The molecule has 0 unspecified atom stereocenters. The van der Waals surface area contributed by atoms with E-state index in [0.29, 0.717) is 5.89 Å². The molecule has 3 rings (SSSR count). The maximum Gasteiger partial charge on any atom is 0.202 e. The van der Waals surface area contributed by atoms with Gasteiger partial charge in [0.25, 0.3) is 0 Å². The Bertz CT molecular complexity index is 793. The lowest BCUT2D eigenvalue weighted by Crippen LogP contribution is -2.22. The number of hydrogen-bond donors (Lipinski definition) is 0. The quantitative estimate of drug-likeness (QED) is 0.701. The average molecular weight is 267 g/mol. The number of ketones is 1. The Balaban J connectivity index is 2.07. The number of rotatable bonds is 2. The number of aromatic nitrogens is 1. The van der Waals surface area contributed by atoms with Crippen molar-refractivity contribution >= 4 is 27.7 Å². The zero-order valence-corrected chi connectivity index (χ0v) is 11.9. The van der Waals surface area contributed by atoms with Crippen LogP contribution in [0.5, 0.6) is 0 Å². The summed E-state index contributed by atoms with van der Waals surface area (Å²) < 4.78 is 5.71. The minimum atomic E-state index is -0.372. The van der Waals surface area contributed by atoms with Crippen LogP contribution >= 0.6 is 0 Å². The van der Waals surface area contributed by atoms with E-state index >= 15 is 0 Å². The van der Waals surface area contributed by atoms with E-state index in [1.165, 1.54) is 0 Å². The van der Waals surface area contributed by atoms with E-state index in [2.05, 4.69) is 4.98 Å². The van der Waals surface area contributed by atoms with Gasteiger partial charge in [-0.25, -0.2) is 4.98 Å².